The van der Waals surface area contributed by atoms with Gasteiger partial charge in [-0.15, -0.1) is 5.10 Å². The fourth-order valence-corrected chi connectivity index (χ4v) is 2.46. The first-order valence-electron chi connectivity index (χ1n) is 8.45. The lowest BCUT2D eigenvalue weighted by Gasteiger charge is -2.04. The normalized spacial score (nSPS) is 12.5. The number of aromatic nitrogens is 4. The Kier molecular flexibility index (Phi) is 5.90. The maximum absolute atomic E-state index is 12.7. The average Bonchev–Trinajstić information content (AvgIpc) is 3.06. The van der Waals surface area contributed by atoms with Crippen LogP contribution in [0.5, 0.6) is 0 Å². The topological polar surface area (TPSA) is 139 Å². The number of aromatic amines is 1. The number of nitrogens with two attached hydrogens (primary N) is 1. The molecule has 0 atom stereocenters. The van der Waals surface area contributed by atoms with E-state index in [-0.39, 0.29) is 11.7 Å². The van der Waals surface area contributed by atoms with Gasteiger partial charge in [0.15, 0.2) is 0 Å². The predicted octanol–water partition coefficient (Wildman–Crippen LogP) is 1.47. The van der Waals surface area contributed by atoms with Gasteiger partial charge in [0.1, 0.15) is 17.5 Å². The minimum absolute atomic E-state index is 0.0286. The van der Waals surface area contributed by atoms with Crippen LogP contribution in [0.15, 0.2) is 42.6 Å². The number of anilines is 2. The van der Waals surface area contributed by atoms with E-state index in [9.17, 15) is 14.0 Å². The maximum atomic E-state index is 12.7. The van der Waals surface area contributed by atoms with Crippen LogP contribution in [0.25, 0.3) is 0 Å². The summed E-state index contributed by atoms with van der Waals surface area (Å²) in [5.74, 6) is -0.0184. The predicted molar refractivity (Wildman–Crippen MR) is 100 cm³/mol. The first-order chi connectivity index (χ1) is 13.5. The summed E-state index contributed by atoms with van der Waals surface area (Å²) >= 11 is 0. The van der Waals surface area contributed by atoms with Gasteiger partial charge < -0.3 is 16.4 Å². The number of pyridine rings is 1. The van der Waals surface area contributed by atoms with Gasteiger partial charge in [0.25, 0.3) is 5.91 Å². The van der Waals surface area contributed by atoms with Crippen LogP contribution in [0, 0.1) is 5.82 Å². The van der Waals surface area contributed by atoms with Gasteiger partial charge in [-0.05, 0) is 5.56 Å². The molecule has 9 nitrogen and oxygen atoms in total. The molecule has 10 heteroatoms. The van der Waals surface area contributed by atoms with Crippen LogP contribution in [0.3, 0.4) is 0 Å². The molecule has 0 fully saturated rings. The zero-order valence-electron chi connectivity index (χ0n) is 14.8. The van der Waals surface area contributed by atoms with Crippen LogP contribution < -0.4 is 16.4 Å². The zero-order chi connectivity index (χ0) is 19.9. The zero-order valence-corrected chi connectivity index (χ0v) is 14.8. The van der Waals surface area contributed by atoms with Crippen molar-refractivity contribution in [2.24, 2.45) is 5.73 Å². The molecule has 0 spiro atoms. The molecule has 0 radical (unpaired) electrons. The van der Waals surface area contributed by atoms with Crippen molar-refractivity contribution >= 4 is 23.3 Å². The van der Waals surface area contributed by atoms with Crippen LogP contribution >= 0.6 is 0 Å². The Labute approximate surface area is 159 Å². The summed E-state index contributed by atoms with van der Waals surface area (Å²) in [5, 5.41) is 11.9. The fourth-order valence-electron chi connectivity index (χ4n) is 2.46. The van der Waals surface area contributed by atoms with E-state index in [2.05, 4.69) is 30.8 Å². The first kappa shape index (κ1) is 19.0. The van der Waals surface area contributed by atoms with Crippen LogP contribution in [0.4, 0.5) is 15.9 Å². The van der Waals surface area contributed by atoms with E-state index in [4.69, 9.17) is 5.73 Å². The van der Waals surface area contributed by atoms with Crippen molar-refractivity contribution in [3.05, 3.63) is 65.6 Å². The number of fused-ring (bicyclic) bond motifs is 1. The van der Waals surface area contributed by atoms with Crippen molar-refractivity contribution in [3.8, 4) is 0 Å². The highest BCUT2D eigenvalue weighted by molar-refractivity contribution is 5.95. The second-order valence-corrected chi connectivity index (χ2v) is 5.91. The van der Waals surface area contributed by atoms with Gasteiger partial charge >= 0.3 is 0 Å². The number of amides is 2. The fraction of sp³-hybridized carbons (Fsp3) is 0.167. The van der Waals surface area contributed by atoms with Crippen LogP contribution in [-0.4, -0.2) is 38.5 Å². The first-order valence-corrected chi connectivity index (χ1v) is 8.45. The summed E-state index contributed by atoms with van der Waals surface area (Å²) in [7, 11) is 0. The largest absolute Gasteiger partial charge is 0.368 e. The number of hydrogen-bond acceptors (Lipinski definition) is 6. The third-order valence-electron chi connectivity index (χ3n) is 3.74. The Morgan fingerprint density at radius 2 is 2.04 bits per heavy atom. The number of benzene rings is 1. The standard InChI is InChI=1S/C10H10N4O.C8H8FN3O/c11-9(15)10-12-8(13-14-10)6-7-4-2-1-3-5-7;9-5-3-6-8(11-4-5)10-2-1-7(13)12-6/h1-5H,6H2,(H2,11,15)(H,12,13,14);3-4H,1-2H2,(H,10,11)(H,12,13). The van der Waals surface area contributed by atoms with E-state index in [1.165, 1.54) is 6.07 Å². The highest BCUT2D eigenvalue weighted by atomic mass is 19.1. The van der Waals surface area contributed by atoms with Gasteiger partial charge in [-0.2, -0.15) is 0 Å². The summed E-state index contributed by atoms with van der Waals surface area (Å²) in [6, 6.07) is 11.0. The molecule has 144 valence electrons. The van der Waals surface area contributed by atoms with Crippen LogP contribution in [0.1, 0.15) is 28.4 Å². The van der Waals surface area contributed by atoms with E-state index >= 15 is 0 Å². The molecule has 1 aliphatic rings. The molecule has 4 rings (SSSR count). The Hall–Kier alpha value is -3.82. The average molecular weight is 383 g/mol. The molecule has 1 aromatic carbocycles. The van der Waals surface area contributed by atoms with Gasteiger partial charge in [0.2, 0.25) is 11.7 Å². The number of hydrogen-bond donors (Lipinski definition) is 4. The summed E-state index contributed by atoms with van der Waals surface area (Å²) < 4.78 is 12.7. The van der Waals surface area contributed by atoms with Crippen molar-refractivity contribution in [1.82, 2.24) is 20.2 Å². The number of carbonyl (C=O) groups excluding carboxylic acids is 2. The van der Waals surface area contributed by atoms with Crippen molar-refractivity contribution in [2.45, 2.75) is 12.8 Å². The highest BCUT2D eigenvalue weighted by Crippen LogP contribution is 2.21. The molecule has 0 saturated heterocycles. The number of rotatable bonds is 3. The van der Waals surface area contributed by atoms with Gasteiger partial charge in [-0.3, -0.25) is 14.7 Å². The Balaban J connectivity index is 0.000000162. The van der Waals surface area contributed by atoms with E-state index in [0.29, 0.717) is 36.7 Å². The van der Waals surface area contributed by atoms with Gasteiger partial charge in [0, 0.05) is 25.5 Å². The third-order valence-corrected chi connectivity index (χ3v) is 3.74. The summed E-state index contributed by atoms with van der Waals surface area (Å²) in [4.78, 5) is 29.6. The second-order valence-electron chi connectivity index (χ2n) is 5.91. The molecule has 2 aromatic heterocycles. The second kappa shape index (κ2) is 8.71. The highest BCUT2D eigenvalue weighted by Gasteiger charge is 2.13. The summed E-state index contributed by atoms with van der Waals surface area (Å²) in [6.07, 6.45) is 2.10. The minimum Gasteiger partial charge on any atom is -0.368 e. The molecular weight excluding hydrogens is 365 g/mol. The Morgan fingerprint density at radius 3 is 2.75 bits per heavy atom. The molecule has 28 heavy (non-hydrogen) atoms. The van der Waals surface area contributed by atoms with Crippen LogP contribution in [-0.2, 0) is 11.2 Å². The minimum atomic E-state index is -0.620. The number of primary amides is 1. The Morgan fingerprint density at radius 1 is 1.25 bits per heavy atom. The van der Waals surface area contributed by atoms with Gasteiger partial charge in [-0.1, -0.05) is 30.3 Å². The van der Waals surface area contributed by atoms with Crippen molar-refractivity contribution in [2.75, 3.05) is 17.2 Å². The summed E-state index contributed by atoms with van der Waals surface area (Å²) in [6.45, 7) is 0.525. The van der Waals surface area contributed by atoms with Crippen molar-refractivity contribution in [1.29, 1.82) is 0 Å². The smallest absolute Gasteiger partial charge is 0.288 e. The SMILES string of the molecule is NC(=O)c1n[nH]c(Cc2ccccc2)n1.O=C1CCNc2ncc(F)cc2N1. The van der Waals surface area contributed by atoms with Crippen LogP contribution in [0.2, 0.25) is 0 Å². The molecular formula is C18H18FN7O2. The molecule has 5 N–H and O–H groups in total. The molecule has 0 aliphatic carbocycles. The molecule has 3 heterocycles. The third kappa shape index (κ3) is 5.10. The lowest BCUT2D eigenvalue weighted by atomic mass is 10.1. The number of nitrogens with zero attached hydrogens (tertiary/aromatic N) is 3. The molecule has 0 saturated carbocycles. The van der Waals surface area contributed by atoms with E-state index in [1.807, 2.05) is 30.3 Å². The number of halogens is 1. The quantitative estimate of drug-likeness (QED) is 0.540. The lowest BCUT2D eigenvalue weighted by Crippen LogP contribution is -2.12. The Bertz CT molecular complexity index is 975. The molecule has 1 aliphatic heterocycles. The van der Waals surface area contributed by atoms with E-state index in [1.54, 1.807) is 0 Å². The summed E-state index contributed by atoms with van der Waals surface area (Å²) in [5.41, 5.74) is 6.54. The van der Waals surface area contributed by atoms with Gasteiger partial charge in [-0.25, -0.2) is 14.4 Å². The lowest BCUT2D eigenvalue weighted by molar-refractivity contribution is -0.115. The van der Waals surface area contributed by atoms with Gasteiger partial charge in [0.05, 0.1) is 11.9 Å². The monoisotopic (exact) mass is 383 g/mol. The number of nitrogens with one attached hydrogen (secondary N) is 3. The van der Waals surface area contributed by atoms with E-state index in [0.717, 1.165) is 11.8 Å². The van der Waals surface area contributed by atoms with Crippen molar-refractivity contribution in [3.63, 3.8) is 0 Å². The molecule has 2 amide bonds. The maximum Gasteiger partial charge on any atom is 0.288 e. The number of H-pyrrole nitrogens is 1. The van der Waals surface area contributed by atoms with E-state index < -0.39 is 11.7 Å². The number of carbonyl (C=O) groups is 2. The molecule has 0 bridgehead atoms. The van der Waals surface area contributed by atoms with Crippen molar-refractivity contribution < 1.29 is 14.0 Å². The molecule has 0 unspecified atom stereocenters. The molecule has 3 aromatic rings.